The number of rotatable bonds is 11. The molecule has 5 aromatic rings. The second kappa shape index (κ2) is 13.9. The van der Waals surface area contributed by atoms with Gasteiger partial charge in [-0.2, -0.15) is 5.10 Å². The number of ether oxygens (including phenoxy) is 1. The summed E-state index contributed by atoms with van der Waals surface area (Å²) in [4.78, 5) is 38.3. The molecule has 1 aliphatic rings. The Morgan fingerprint density at radius 3 is 2.47 bits per heavy atom. The Hall–Kier alpha value is -5.41. The van der Waals surface area contributed by atoms with Crippen molar-refractivity contribution in [3.63, 3.8) is 0 Å². The molecule has 3 aromatic carbocycles. The Bertz CT molecular complexity index is 1930. The number of nitrogens with one attached hydrogen (secondary N) is 1. The number of non-ortho nitro benzene ring substituents is 1. The molecule has 0 fully saturated rings. The Kier molecular flexibility index (Phi) is 9.35. The van der Waals surface area contributed by atoms with Crippen LogP contribution in [0.25, 0.3) is 5.69 Å². The molecule has 0 spiro atoms. The first-order valence-corrected chi connectivity index (χ1v) is 16.1. The molecule has 238 valence electrons. The minimum atomic E-state index is -0.501. The SMILES string of the molecule is COc1ccc(C(=O)NCc2nnc(SCC(=O)N3N=C(c4cccs4)C[C@H]3c3ccc(F)cc3)n2-c2ccc([N+](=O)[O-])cc2)cc1. The number of hydrazone groups is 1. The molecule has 6 rings (SSSR count). The molecular formula is C32H26FN7O5S2. The number of hydrogen-bond acceptors (Lipinski definition) is 10. The van der Waals surface area contributed by atoms with Crippen molar-refractivity contribution in [3.8, 4) is 11.4 Å². The average molecular weight is 672 g/mol. The van der Waals surface area contributed by atoms with Crippen LogP contribution in [0.3, 0.4) is 0 Å². The molecule has 1 atom stereocenters. The maximum absolute atomic E-state index is 13.7. The first-order valence-electron chi connectivity index (χ1n) is 14.2. The lowest BCUT2D eigenvalue weighted by Crippen LogP contribution is -2.28. The van der Waals surface area contributed by atoms with Crippen LogP contribution in [0.5, 0.6) is 5.75 Å². The maximum Gasteiger partial charge on any atom is 0.269 e. The fraction of sp³-hybridized carbons (Fsp3) is 0.156. The highest BCUT2D eigenvalue weighted by Crippen LogP contribution is 2.35. The lowest BCUT2D eigenvalue weighted by molar-refractivity contribution is -0.384. The van der Waals surface area contributed by atoms with Crippen molar-refractivity contribution >= 4 is 46.3 Å². The summed E-state index contributed by atoms with van der Waals surface area (Å²) in [6, 6.07) is 21.9. The van der Waals surface area contributed by atoms with Crippen LogP contribution in [0.4, 0.5) is 10.1 Å². The number of halogens is 1. The lowest BCUT2D eigenvalue weighted by atomic mass is 10.0. The van der Waals surface area contributed by atoms with E-state index in [9.17, 15) is 24.1 Å². The van der Waals surface area contributed by atoms with Gasteiger partial charge in [0.25, 0.3) is 17.5 Å². The summed E-state index contributed by atoms with van der Waals surface area (Å²) in [6.07, 6.45) is 0.472. The lowest BCUT2D eigenvalue weighted by Gasteiger charge is -2.22. The van der Waals surface area contributed by atoms with Gasteiger partial charge >= 0.3 is 0 Å². The van der Waals surface area contributed by atoms with Crippen molar-refractivity contribution in [2.24, 2.45) is 5.10 Å². The summed E-state index contributed by atoms with van der Waals surface area (Å²) in [5, 5.41) is 31.0. The number of methoxy groups -OCH3 is 1. The van der Waals surface area contributed by atoms with E-state index in [1.165, 1.54) is 47.7 Å². The van der Waals surface area contributed by atoms with Gasteiger partial charge in [-0.15, -0.1) is 21.5 Å². The monoisotopic (exact) mass is 671 g/mol. The first kappa shape index (κ1) is 31.6. The number of carbonyl (C=O) groups excluding carboxylic acids is 2. The van der Waals surface area contributed by atoms with E-state index in [0.717, 1.165) is 27.9 Å². The Balaban J connectivity index is 1.24. The Morgan fingerprint density at radius 1 is 1.06 bits per heavy atom. The number of amides is 2. The van der Waals surface area contributed by atoms with E-state index < -0.39 is 11.0 Å². The third kappa shape index (κ3) is 7.05. The fourth-order valence-corrected chi connectivity index (χ4v) is 6.51. The topological polar surface area (TPSA) is 145 Å². The van der Waals surface area contributed by atoms with Crippen LogP contribution in [0.2, 0.25) is 0 Å². The molecule has 2 amide bonds. The van der Waals surface area contributed by atoms with Gasteiger partial charge in [-0.05, 0) is 65.5 Å². The molecule has 1 N–H and O–H groups in total. The highest BCUT2D eigenvalue weighted by Gasteiger charge is 2.34. The quantitative estimate of drug-likeness (QED) is 0.106. The summed E-state index contributed by atoms with van der Waals surface area (Å²) < 4.78 is 20.5. The van der Waals surface area contributed by atoms with Crippen molar-refractivity contribution in [2.45, 2.75) is 24.2 Å². The second-order valence-electron chi connectivity index (χ2n) is 10.2. The zero-order valence-electron chi connectivity index (χ0n) is 24.8. The van der Waals surface area contributed by atoms with Gasteiger partial charge in [-0.25, -0.2) is 9.40 Å². The zero-order valence-corrected chi connectivity index (χ0v) is 26.4. The number of carbonyl (C=O) groups is 2. The molecule has 1 aliphatic heterocycles. The van der Waals surface area contributed by atoms with E-state index in [1.807, 2.05) is 17.5 Å². The first-order chi connectivity index (χ1) is 22.8. The summed E-state index contributed by atoms with van der Waals surface area (Å²) in [5.74, 6) is -0.136. The number of nitro groups is 1. The van der Waals surface area contributed by atoms with Gasteiger partial charge in [-0.1, -0.05) is 30.0 Å². The van der Waals surface area contributed by atoms with Crippen molar-refractivity contribution in [2.75, 3.05) is 12.9 Å². The van der Waals surface area contributed by atoms with E-state index in [1.54, 1.807) is 53.1 Å². The summed E-state index contributed by atoms with van der Waals surface area (Å²) in [5.41, 5.74) is 2.34. The molecule has 0 saturated carbocycles. The van der Waals surface area contributed by atoms with E-state index in [0.29, 0.717) is 34.4 Å². The minimum absolute atomic E-state index is 0.0173. The van der Waals surface area contributed by atoms with Gasteiger partial charge < -0.3 is 10.1 Å². The van der Waals surface area contributed by atoms with Crippen molar-refractivity contribution in [3.05, 3.63) is 128 Å². The third-order valence-corrected chi connectivity index (χ3v) is 9.16. The maximum atomic E-state index is 13.7. The normalized spacial score (nSPS) is 14.1. The number of thiophene rings is 1. The van der Waals surface area contributed by atoms with Crippen LogP contribution in [0, 0.1) is 15.9 Å². The van der Waals surface area contributed by atoms with Crippen LogP contribution < -0.4 is 10.1 Å². The van der Waals surface area contributed by atoms with E-state index in [4.69, 9.17) is 4.74 Å². The Labute approximate surface area is 276 Å². The fourth-order valence-electron chi connectivity index (χ4n) is 4.96. The predicted octanol–water partition coefficient (Wildman–Crippen LogP) is 5.78. The number of thioether (sulfide) groups is 1. The van der Waals surface area contributed by atoms with Crippen LogP contribution in [0.15, 0.2) is 101 Å². The van der Waals surface area contributed by atoms with Gasteiger partial charge in [0.1, 0.15) is 11.6 Å². The highest BCUT2D eigenvalue weighted by atomic mass is 32.2. The van der Waals surface area contributed by atoms with Crippen LogP contribution in [-0.4, -0.2) is 55.1 Å². The van der Waals surface area contributed by atoms with Gasteiger partial charge in [-0.3, -0.25) is 24.3 Å². The number of nitro benzene ring substituents is 1. The number of aromatic nitrogens is 3. The Morgan fingerprint density at radius 2 is 1.81 bits per heavy atom. The smallest absolute Gasteiger partial charge is 0.269 e. The van der Waals surface area contributed by atoms with E-state index >= 15 is 0 Å². The predicted molar refractivity (Wildman–Crippen MR) is 174 cm³/mol. The summed E-state index contributed by atoms with van der Waals surface area (Å²) >= 11 is 2.63. The van der Waals surface area contributed by atoms with Gasteiger partial charge in [0.15, 0.2) is 11.0 Å². The number of benzene rings is 3. The van der Waals surface area contributed by atoms with Gasteiger partial charge in [0.2, 0.25) is 0 Å². The van der Waals surface area contributed by atoms with Crippen LogP contribution >= 0.6 is 23.1 Å². The molecule has 0 radical (unpaired) electrons. The van der Waals surface area contributed by atoms with E-state index in [-0.39, 0.29) is 35.6 Å². The molecule has 47 heavy (non-hydrogen) atoms. The second-order valence-corrected chi connectivity index (χ2v) is 12.1. The number of nitrogens with zero attached hydrogens (tertiary/aromatic N) is 6. The van der Waals surface area contributed by atoms with Crippen molar-refractivity contribution in [1.29, 1.82) is 0 Å². The average Bonchev–Trinajstić information content (AvgIpc) is 3.87. The molecule has 0 saturated heterocycles. The minimum Gasteiger partial charge on any atom is -0.497 e. The third-order valence-electron chi connectivity index (χ3n) is 7.33. The molecule has 0 unspecified atom stereocenters. The van der Waals surface area contributed by atoms with Gasteiger partial charge in [0.05, 0.1) is 41.0 Å². The van der Waals surface area contributed by atoms with Crippen LogP contribution in [0.1, 0.15) is 39.1 Å². The van der Waals surface area contributed by atoms with Crippen molar-refractivity contribution < 1.29 is 23.6 Å². The van der Waals surface area contributed by atoms with Crippen LogP contribution in [-0.2, 0) is 11.3 Å². The summed E-state index contributed by atoms with van der Waals surface area (Å²) in [6.45, 7) is -0.0173. The van der Waals surface area contributed by atoms with Gasteiger partial charge in [0, 0.05) is 29.8 Å². The zero-order chi connectivity index (χ0) is 32.9. The molecule has 2 aromatic heterocycles. The molecule has 12 nitrogen and oxygen atoms in total. The largest absolute Gasteiger partial charge is 0.497 e. The molecule has 0 bridgehead atoms. The van der Waals surface area contributed by atoms with E-state index in [2.05, 4.69) is 20.6 Å². The molecule has 3 heterocycles. The molecule has 0 aliphatic carbocycles. The highest BCUT2D eigenvalue weighted by molar-refractivity contribution is 7.99. The molecular weight excluding hydrogens is 646 g/mol. The summed E-state index contributed by atoms with van der Waals surface area (Å²) in [7, 11) is 1.54. The standard InChI is InChI=1S/C32H26FN7O5S2/c1-45-25-14-6-21(7-15-25)31(42)34-18-29-35-36-32(38(29)23-10-12-24(13-11-23)40(43)44)47-19-30(41)39-27(20-4-8-22(33)9-5-20)17-26(37-39)28-3-2-16-46-28/h2-16,27H,17-19H2,1H3,(H,34,42)/t27-/m0/s1. The van der Waals surface area contributed by atoms with Crippen molar-refractivity contribution in [1.82, 2.24) is 25.1 Å². The molecule has 15 heteroatoms. The number of hydrogen-bond donors (Lipinski definition) is 1.